The normalized spacial score (nSPS) is 11.4. The van der Waals surface area contributed by atoms with Crippen molar-refractivity contribution in [3.8, 4) is 0 Å². The summed E-state index contributed by atoms with van der Waals surface area (Å²) < 4.78 is 23.7. The van der Waals surface area contributed by atoms with Gasteiger partial charge in [0.1, 0.15) is 4.66 Å². The molecule has 0 spiro atoms. The third-order valence-electron chi connectivity index (χ3n) is 0.738. The van der Waals surface area contributed by atoms with Crippen molar-refractivity contribution < 1.29 is 8.42 Å². The summed E-state index contributed by atoms with van der Waals surface area (Å²) in [4.78, 5) is 0. The third kappa shape index (κ3) is 4.96. The van der Waals surface area contributed by atoms with Gasteiger partial charge in [-0.15, -0.1) is 0 Å². The van der Waals surface area contributed by atoms with E-state index in [1.54, 1.807) is 6.92 Å². The van der Waals surface area contributed by atoms with Crippen LogP contribution in [0.4, 0.5) is 0 Å². The van der Waals surface area contributed by atoms with Gasteiger partial charge in [0.2, 0.25) is 10.0 Å². The molecule has 5 heteroatoms. The molecule has 0 radical (unpaired) electrons. The smallest absolute Gasteiger partial charge is 0.212 e. The van der Waals surface area contributed by atoms with Crippen molar-refractivity contribution in [1.82, 2.24) is 4.72 Å². The van der Waals surface area contributed by atoms with Crippen LogP contribution < -0.4 is 4.72 Å². The van der Waals surface area contributed by atoms with Crippen molar-refractivity contribution in [3.05, 3.63) is 12.2 Å². The highest BCUT2D eigenvalue weighted by atomic mass is 79.9. The second-order valence-corrected chi connectivity index (χ2v) is 5.11. The number of sulfonamides is 1. The van der Waals surface area contributed by atoms with Crippen molar-refractivity contribution in [1.29, 1.82) is 0 Å². The molecule has 0 fully saturated rings. The number of alkyl halides is 1. The Balaban J connectivity index is 3.81. The van der Waals surface area contributed by atoms with E-state index in [1.165, 1.54) is 0 Å². The van der Waals surface area contributed by atoms with Crippen molar-refractivity contribution in [2.75, 3.05) is 11.2 Å². The molecule has 0 saturated heterocycles. The SMILES string of the molecule is C=C(C)CNS(=O)(=O)CBr. The molecule has 3 nitrogen and oxygen atoms in total. The van der Waals surface area contributed by atoms with E-state index < -0.39 is 10.0 Å². The molecule has 0 aliphatic rings. The molecule has 10 heavy (non-hydrogen) atoms. The molecular weight excluding hydrogens is 218 g/mol. The van der Waals surface area contributed by atoms with Gasteiger partial charge in [-0.1, -0.05) is 28.1 Å². The van der Waals surface area contributed by atoms with Crippen LogP contribution >= 0.6 is 15.9 Å². The Bertz CT molecular complexity index is 210. The van der Waals surface area contributed by atoms with Crippen LogP contribution in [-0.2, 0) is 10.0 Å². The first kappa shape index (κ1) is 10.1. The highest BCUT2D eigenvalue weighted by Crippen LogP contribution is 1.92. The lowest BCUT2D eigenvalue weighted by Gasteiger charge is -2.01. The highest BCUT2D eigenvalue weighted by molar-refractivity contribution is 9.10. The zero-order valence-electron chi connectivity index (χ0n) is 5.72. The Morgan fingerprint density at radius 2 is 2.20 bits per heavy atom. The monoisotopic (exact) mass is 227 g/mol. The van der Waals surface area contributed by atoms with E-state index in [0.717, 1.165) is 5.57 Å². The minimum Gasteiger partial charge on any atom is -0.212 e. The third-order valence-corrected chi connectivity index (χ3v) is 3.42. The molecule has 0 aromatic carbocycles. The molecule has 0 aromatic rings. The van der Waals surface area contributed by atoms with E-state index in [2.05, 4.69) is 27.2 Å². The van der Waals surface area contributed by atoms with Crippen molar-refractivity contribution >= 4 is 26.0 Å². The quantitative estimate of drug-likeness (QED) is 0.572. The van der Waals surface area contributed by atoms with Crippen LogP contribution in [0.15, 0.2) is 12.2 Å². The molecule has 0 atom stereocenters. The second-order valence-electron chi connectivity index (χ2n) is 2.00. The van der Waals surface area contributed by atoms with Gasteiger partial charge in [0, 0.05) is 6.54 Å². The topological polar surface area (TPSA) is 46.2 Å². The van der Waals surface area contributed by atoms with Gasteiger partial charge in [0.25, 0.3) is 0 Å². The molecule has 0 bridgehead atoms. The van der Waals surface area contributed by atoms with Gasteiger partial charge in [0.05, 0.1) is 0 Å². The Morgan fingerprint density at radius 3 is 2.50 bits per heavy atom. The molecule has 0 amide bonds. The van der Waals surface area contributed by atoms with Gasteiger partial charge < -0.3 is 0 Å². The number of halogens is 1. The summed E-state index contributed by atoms with van der Waals surface area (Å²) in [7, 11) is -3.11. The van der Waals surface area contributed by atoms with E-state index in [-0.39, 0.29) is 4.66 Å². The van der Waals surface area contributed by atoms with Crippen LogP contribution in [0.1, 0.15) is 6.92 Å². The molecule has 0 aliphatic carbocycles. The van der Waals surface area contributed by atoms with Gasteiger partial charge in [-0.25, -0.2) is 13.1 Å². The van der Waals surface area contributed by atoms with Crippen LogP contribution in [-0.4, -0.2) is 19.6 Å². The molecule has 0 heterocycles. The highest BCUT2D eigenvalue weighted by Gasteiger charge is 2.04. The van der Waals surface area contributed by atoms with E-state index in [1.807, 2.05) is 0 Å². The standard InChI is InChI=1S/C5H10BrNO2S/c1-5(2)3-7-10(8,9)4-6/h7H,1,3-4H2,2H3. The lowest BCUT2D eigenvalue weighted by Crippen LogP contribution is -2.25. The summed E-state index contributed by atoms with van der Waals surface area (Å²) in [5.74, 6) is 0. The summed E-state index contributed by atoms with van der Waals surface area (Å²) in [5, 5.41) is 0. The average Bonchev–Trinajstić information content (AvgIpc) is 1.85. The maximum atomic E-state index is 10.7. The summed E-state index contributed by atoms with van der Waals surface area (Å²) in [6.45, 7) is 5.62. The fraction of sp³-hybridized carbons (Fsp3) is 0.600. The lowest BCUT2D eigenvalue weighted by atomic mass is 10.4. The zero-order valence-corrected chi connectivity index (χ0v) is 8.13. The number of hydrogen-bond acceptors (Lipinski definition) is 2. The van der Waals surface area contributed by atoms with E-state index in [0.29, 0.717) is 6.54 Å². The Kier molecular flexibility index (Phi) is 4.15. The predicted octanol–water partition coefficient (Wildman–Crippen LogP) is 0.834. The summed E-state index contributed by atoms with van der Waals surface area (Å²) >= 11 is 2.84. The molecular formula is C5H10BrNO2S. The van der Waals surface area contributed by atoms with Crippen molar-refractivity contribution in [2.45, 2.75) is 6.92 Å². The fourth-order valence-corrected chi connectivity index (χ4v) is 1.30. The summed E-state index contributed by atoms with van der Waals surface area (Å²) in [5.41, 5.74) is 0.796. The first-order valence-electron chi connectivity index (χ1n) is 2.65. The molecule has 0 rings (SSSR count). The Morgan fingerprint density at radius 1 is 1.70 bits per heavy atom. The molecule has 1 N–H and O–H groups in total. The van der Waals surface area contributed by atoms with Crippen LogP contribution in [0.2, 0.25) is 0 Å². The van der Waals surface area contributed by atoms with Crippen LogP contribution in [0.5, 0.6) is 0 Å². The molecule has 0 saturated carbocycles. The summed E-state index contributed by atoms with van der Waals surface area (Å²) in [6.07, 6.45) is 0. The number of rotatable bonds is 4. The number of nitrogens with one attached hydrogen (secondary N) is 1. The molecule has 0 unspecified atom stereocenters. The maximum Gasteiger partial charge on any atom is 0.221 e. The minimum absolute atomic E-state index is 0.0622. The largest absolute Gasteiger partial charge is 0.221 e. The Labute approximate surface area is 69.7 Å². The average molecular weight is 228 g/mol. The van der Waals surface area contributed by atoms with Gasteiger partial charge in [-0.05, 0) is 6.92 Å². The van der Waals surface area contributed by atoms with Crippen LogP contribution in [0.25, 0.3) is 0 Å². The van der Waals surface area contributed by atoms with E-state index in [4.69, 9.17) is 0 Å². The predicted molar refractivity (Wildman–Crippen MR) is 45.5 cm³/mol. The zero-order chi connectivity index (χ0) is 8.20. The molecule has 60 valence electrons. The molecule has 0 aromatic heterocycles. The van der Waals surface area contributed by atoms with Crippen molar-refractivity contribution in [2.24, 2.45) is 0 Å². The minimum atomic E-state index is -3.11. The fourth-order valence-electron chi connectivity index (χ4n) is 0.272. The van der Waals surface area contributed by atoms with Crippen LogP contribution in [0, 0.1) is 0 Å². The molecule has 0 aliphatic heterocycles. The first-order chi connectivity index (χ1) is 4.48. The van der Waals surface area contributed by atoms with Gasteiger partial charge in [-0.3, -0.25) is 0 Å². The van der Waals surface area contributed by atoms with Crippen LogP contribution in [0.3, 0.4) is 0 Å². The lowest BCUT2D eigenvalue weighted by molar-refractivity contribution is 0.590. The summed E-state index contributed by atoms with van der Waals surface area (Å²) in [6, 6.07) is 0. The Hall–Kier alpha value is 0.130. The van der Waals surface area contributed by atoms with Crippen molar-refractivity contribution in [3.63, 3.8) is 0 Å². The van der Waals surface area contributed by atoms with Gasteiger partial charge in [-0.2, -0.15) is 0 Å². The van der Waals surface area contributed by atoms with Gasteiger partial charge in [0.15, 0.2) is 0 Å². The van der Waals surface area contributed by atoms with E-state index in [9.17, 15) is 8.42 Å². The van der Waals surface area contributed by atoms with Gasteiger partial charge >= 0.3 is 0 Å². The maximum absolute atomic E-state index is 10.7. The first-order valence-corrected chi connectivity index (χ1v) is 5.43. The second kappa shape index (κ2) is 4.10. The number of hydrogen-bond donors (Lipinski definition) is 1. The van der Waals surface area contributed by atoms with E-state index >= 15 is 0 Å².